The minimum atomic E-state index is -4.33. The van der Waals surface area contributed by atoms with Gasteiger partial charge in [0, 0.05) is 5.56 Å². The number of methoxy groups -OCH3 is 2. The van der Waals surface area contributed by atoms with Crippen LogP contribution >= 0.6 is 0 Å². The average molecular weight is 463 g/mol. The van der Waals surface area contributed by atoms with E-state index in [0.717, 1.165) is 5.56 Å². The minimum absolute atomic E-state index is 0.0718. The van der Waals surface area contributed by atoms with Crippen LogP contribution < -0.4 is 13.8 Å². The van der Waals surface area contributed by atoms with Crippen LogP contribution in [-0.2, 0) is 14.8 Å². The van der Waals surface area contributed by atoms with Gasteiger partial charge < -0.3 is 9.47 Å². The molecule has 0 aromatic heterocycles. The molecule has 0 N–H and O–H groups in total. The van der Waals surface area contributed by atoms with Gasteiger partial charge in [-0.05, 0) is 55.5 Å². The van der Waals surface area contributed by atoms with Crippen molar-refractivity contribution in [2.24, 2.45) is 0 Å². The van der Waals surface area contributed by atoms with Crippen molar-refractivity contribution in [2.75, 3.05) is 18.5 Å². The number of nitriles is 1. The summed E-state index contributed by atoms with van der Waals surface area (Å²) in [7, 11) is -1.39. The Hall–Kier alpha value is -4.09. The lowest BCUT2D eigenvalue weighted by atomic mass is 10.1. The number of rotatable bonds is 7. The third-order valence-corrected chi connectivity index (χ3v) is 6.57. The first-order chi connectivity index (χ1) is 15.8. The number of sulfonamides is 1. The van der Waals surface area contributed by atoms with Gasteiger partial charge in [0.25, 0.3) is 15.9 Å². The predicted octanol–water partition coefficient (Wildman–Crippen LogP) is 4.34. The van der Waals surface area contributed by atoms with Crippen LogP contribution in [0.25, 0.3) is 6.08 Å². The molecular formula is C25H22N2O5S. The van der Waals surface area contributed by atoms with Gasteiger partial charge in [-0.1, -0.05) is 35.9 Å². The molecule has 0 fully saturated rings. The molecule has 3 rings (SSSR count). The number of para-hydroxylation sites is 1. The molecule has 0 radical (unpaired) electrons. The van der Waals surface area contributed by atoms with Crippen LogP contribution in [0.15, 0.2) is 83.3 Å². The van der Waals surface area contributed by atoms with E-state index in [9.17, 15) is 18.5 Å². The molecule has 3 aromatic rings. The number of nitrogens with zero attached hydrogens (tertiary/aromatic N) is 2. The van der Waals surface area contributed by atoms with Crippen molar-refractivity contribution in [3.63, 3.8) is 0 Å². The zero-order valence-electron chi connectivity index (χ0n) is 18.3. The fraction of sp³-hybridized carbons (Fsp3) is 0.120. The van der Waals surface area contributed by atoms with Crippen LogP contribution in [-0.4, -0.2) is 28.5 Å². The highest BCUT2D eigenvalue weighted by Crippen LogP contribution is 2.29. The van der Waals surface area contributed by atoms with Gasteiger partial charge in [-0.2, -0.15) is 9.57 Å². The molecule has 1 amide bonds. The van der Waals surface area contributed by atoms with Gasteiger partial charge in [0.05, 0.1) is 24.8 Å². The lowest BCUT2D eigenvalue weighted by Crippen LogP contribution is -2.37. The number of benzene rings is 3. The Morgan fingerprint density at radius 1 is 0.939 bits per heavy atom. The Bertz CT molecular complexity index is 1320. The van der Waals surface area contributed by atoms with Gasteiger partial charge >= 0.3 is 0 Å². The van der Waals surface area contributed by atoms with Gasteiger partial charge in [0.1, 0.15) is 23.1 Å². The van der Waals surface area contributed by atoms with E-state index in [0.29, 0.717) is 21.4 Å². The van der Waals surface area contributed by atoms with E-state index in [1.165, 1.54) is 56.7 Å². The van der Waals surface area contributed by atoms with Crippen LogP contribution in [0, 0.1) is 18.3 Å². The Morgan fingerprint density at radius 3 is 2.15 bits per heavy atom. The largest absolute Gasteiger partial charge is 0.497 e. The van der Waals surface area contributed by atoms with Gasteiger partial charge in [-0.3, -0.25) is 4.79 Å². The quantitative estimate of drug-likeness (QED) is 0.383. The fourth-order valence-electron chi connectivity index (χ4n) is 3.09. The second kappa shape index (κ2) is 10.0. The topological polar surface area (TPSA) is 96.7 Å². The lowest BCUT2D eigenvalue weighted by molar-refractivity contribution is -0.113. The average Bonchev–Trinajstić information content (AvgIpc) is 2.83. The van der Waals surface area contributed by atoms with Crippen molar-refractivity contribution < 1.29 is 22.7 Å². The van der Waals surface area contributed by atoms with E-state index >= 15 is 0 Å². The molecule has 33 heavy (non-hydrogen) atoms. The summed E-state index contributed by atoms with van der Waals surface area (Å²) in [6.07, 6.45) is 1.31. The van der Waals surface area contributed by atoms with E-state index in [2.05, 4.69) is 0 Å². The van der Waals surface area contributed by atoms with Crippen molar-refractivity contribution in [1.29, 1.82) is 5.26 Å². The second-order valence-corrected chi connectivity index (χ2v) is 8.78. The first kappa shape index (κ1) is 23.6. The number of hydrogen-bond donors (Lipinski definition) is 0. The molecule has 0 heterocycles. The molecular weight excluding hydrogens is 440 g/mol. The van der Waals surface area contributed by atoms with Gasteiger partial charge in [-0.25, -0.2) is 8.42 Å². The summed E-state index contributed by atoms with van der Waals surface area (Å²) >= 11 is 0. The molecule has 0 spiro atoms. The highest BCUT2D eigenvalue weighted by molar-refractivity contribution is 7.93. The molecule has 0 aliphatic carbocycles. The highest BCUT2D eigenvalue weighted by atomic mass is 32.2. The zero-order valence-corrected chi connectivity index (χ0v) is 19.2. The Labute approximate surface area is 193 Å². The van der Waals surface area contributed by atoms with Crippen LogP contribution in [0.5, 0.6) is 11.5 Å². The number of carbonyl (C=O) groups is 1. The lowest BCUT2D eigenvalue weighted by Gasteiger charge is -2.23. The van der Waals surface area contributed by atoms with Crippen LogP contribution in [0.2, 0.25) is 0 Å². The molecule has 0 saturated heterocycles. The zero-order chi connectivity index (χ0) is 24.0. The SMILES string of the molecule is COc1ccc(N(C(=O)/C(C#N)=C/c2ccccc2OC)S(=O)(=O)c2ccc(C)cc2)cc1. The standard InChI is InChI=1S/C25H22N2O5S/c1-18-8-14-23(15-9-18)33(29,30)27(21-10-12-22(31-2)13-11-21)25(28)20(17-26)16-19-6-4-5-7-24(19)32-3/h4-16H,1-3H3/b20-16+. The van der Waals surface area contributed by atoms with Crippen molar-refractivity contribution in [2.45, 2.75) is 11.8 Å². The summed E-state index contributed by atoms with van der Waals surface area (Å²) in [5, 5.41) is 9.75. The van der Waals surface area contributed by atoms with Gasteiger partial charge in [0.15, 0.2) is 0 Å². The second-order valence-electron chi connectivity index (χ2n) is 7.00. The number of ether oxygens (including phenoxy) is 2. The number of hydrogen-bond acceptors (Lipinski definition) is 6. The maximum atomic E-state index is 13.5. The highest BCUT2D eigenvalue weighted by Gasteiger charge is 2.33. The summed E-state index contributed by atoms with van der Waals surface area (Å²) in [6.45, 7) is 1.83. The molecule has 7 nitrogen and oxygen atoms in total. The number of amides is 1. The first-order valence-electron chi connectivity index (χ1n) is 9.87. The Morgan fingerprint density at radius 2 is 1.58 bits per heavy atom. The smallest absolute Gasteiger partial charge is 0.282 e. The Kier molecular flexibility index (Phi) is 7.16. The van der Waals surface area contributed by atoms with Crippen molar-refractivity contribution in [1.82, 2.24) is 0 Å². The molecule has 0 saturated carbocycles. The number of carbonyl (C=O) groups excluding carboxylic acids is 1. The minimum Gasteiger partial charge on any atom is -0.497 e. The third-order valence-electron chi connectivity index (χ3n) is 4.84. The summed E-state index contributed by atoms with van der Waals surface area (Å²) < 4.78 is 38.1. The van der Waals surface area contributed by atoms with Crippen LogP contribution in [0.1, 0.15) is 11.1 Å². The summed E-state index contributed by atoms with van der Waals surface area (Å²) in [5.41, 5.74) is 1.03. The molecule has 0 bridgehead atoms. The van der Waals surface area contributed by atoms with Crippen molar-refractivity contribution in [3.05, 3.63) is 89.5 Å². The molecule has 0 aliphatic heterocycles. The predicted molar refractivity (Wildman–Crippen MR) is 125 cm³/mol. The monoisotopic (exact) mass is 462 g/mol. The molecule has 0 unspecified atom stereocenters. The van der Waals surface area contributed by atoms with Gasteiger partial charge in [-0.15, -0.1) is 0 Å². The molecule has 168 valence electrons. The molecule has 0 atom stereocenters. The first-order valence-corrected chi connectivity index (χ1v) is 11.3. The van der Waals surface area contributed by atoms with E-state index in [1.807, 2.05) is 13.0 Å². The summed E-state index contributed by atoms with van der Waals surface area (Å²) in [4.78, 5) is 13.4. The number of aryl methyl sites for hydroxylation is 1. The summed E-state index contributed by atoms with van der Waals surface area (Å²) in [5.74, 6) is -0.0615. The van der Waals surface area contributed by atoms with E-state index in [4.69, 9.17) is 9.47 Å². The van der Waals surface area contributed by atoms with Crippen LogP contribution in [0.3, 0.4) is 0 Å². The summed E-state index contributed by atoms with van der Waals surface area (Å²) in [6, 6.07) is 20.7. The van der Waals surface area contributed by atoms with E-state index in [1.54, 1.807) is 36.4 Å². The van der Waals surface area contributed by atoms with Crippen LogP contribution in [0.4, 0.5) is 5.69 Å². The maximum absolute atomic E-state index is 13.5. The van der Waals surface area contributed by atoms with E-state index in [-0.39, 0.29) is 16.2 Å². The van der Waals surface area contributed by atoms with Crippen molar-refractivity contribution >= 4 is 27.7 Å². The molecule has 0 aliphatic rings. The number of anilines is 1. The molecule has 3 aromatic carbocycles. The molecule has 8 heteroatoms. The normalized spacial score (nSPS) is 11.4. The third kappa shape index (κ3) is 5.05. The fourth-order valence-corrected chi connectivity index (χ4v) is 4.50. The van der Waals surface area contributed by atoms with Gasteiger partial charge in [0.2, 0.25) is 0 Å². The Balaban J connectivity index is 2.17. The maximum Gasteiger partial charge on any atom is 0.282 e. The van der Waals surface area contributed by atoms with E-state index < -0.39 is 15.9 Å². The van der Waals surface area contributed by atoms with Crippen molar-refractivity contribution in [3.8, 4) is 17.6 Å².